The number of aromatic nitrogens is 1. The van der Waals surface area contributed by atoms with E-state index in [2.05, 4.69) is 0 Å². The van der Waals surface area contributed by atoms with Crippen molar-refractivity contribution >= 4 is 46.7 Å². The fourth-order valence-electron chi connectivity index (χ4n) is 1.86. The van der Waals surface area contributed by atoms with Gasteiger partial charge in [0.25, 0.3) is 5.56 Å². The molecule has 0 radical (unpaired) electrons. The number of hydrogen-bond acceptors (Lipinski definition) is 6. The Balaban J connectivity index is 2.57. The number of carbonyl (C=O) groups is 2. The summed E-state index contributed by atoms with van der Waals surface area (Å²) in [6.45, 7) is 1.83. The largest absolute Gasteiger partial charge is 0.463 e. The second-order valence-electron chi connectivity index (χ2n) is 5.04. The summed E-state index contributed by atoms with van der Waals surface area (Å²) in [5, 5.41) is 1.92. The van der Waals surface area contributed by atoms with Gasteiger partial charge in [0, 0.05) is 19.0 Å². The van der Waals surface area contributed by atoms with Crippen molar-refractivity contribution in [1.29, 1.82) is 0 Å². The predicted molar refractivity (Wildman–Crippen MR) is 95.5 cm³/mol. The first-order valence-electron chi connectivity index (χ1n) is 7.26. The van der Waals surface area contributed by atoms with Crippen LogP contribution < -0.4 is 14.8 Å². The van der Waals surface area contributed by atoms with Crippen molar-refractivity contribution in [2.45, 2.75) is 13.5 Å². The van der Waals surface area contributed by atoms with Crippen LogP contribution in [0.15, 0.2) is 22.3 Å². The van der Waals surface area contributed by atoms with Crippen molar-refractivity contribution in [2.75, 3.05) is 20.7 Å². The molecule has 0 fully saturated rings. The number of rotatable bonds is 5. The van der Waals surface area contributed by atoms with Crippen LogP contribution in [0.5, 0.6) is 0 Å². The molecule has 0 aliphatic rings. The molecule has 0 spiro atoms. The van der Waals surface area contributed by atoms with Gasteiger partial charge < -0.3 is 9.64 Å². The highest BCUT2D eigenvalue weighted by atomic mass is 32.1. The number of thiazole rings is 1. The second kappa shape index (κ2) is 8.07. The van der Waals surface area contributed by atoms with E-state index in [1.807, 2.05) is 17.5 Å². The number of thiophene rings is 1. The highest BCUT2D eigenvalue weighted by molar-refractivity contribution is 7.11. The Morgan fingerprint density at radius 1 is 1.38 bits per heavy atom. The van der Waals surface area contributed by atoms with Crippen LogP contribution in [0.4, 0.5) is 0 Å². The lowest BCUT2D eigenvalue weighted by Gasteiger charge is -2.10. The Morgan fingerprint density at radius 2 is 2.12 bits per heavy atom. The van der Waals surface area contributed by atoms with Gasteiger partial charge in [-0.2, -0.15) is 0 Å². The SMILES string of the molecule is CCOC(=O)/C=c1\s/c(=C\c2cccs2)c(=O)n1CC(=O)N(C)C. The van der Waals surface area contributed by atoms with E-state index in [-0.39, 0.29) is 24.6 Å². The van der Waals surface area contributed by atoms with Crippen LogP contribution in [0.25, 0.3) is 12.2 Å². The molecule has 2 aromatic heterocycles. The minimum atomic E-state index is -0.535. The summed E-state index contributed by atoms with van der Waals surface area (Å²) < 4.78 is 7.08. The quantitative estimate of drug-likeness (QED) is 0.711. The van der Waals surface area contributed by atoms with Crippen LogP contribution in [-0.2, 0) is 20.9 Å². The summed E-state index contributed by atoms with van der Waals surface area (Å²) in [4.78, 5) is 38.7. The number of likely N-dealkylation sites (N-methyl/N-ethyl adjacent to an activating group) is 1. The van der Waals surface area contributed by atoms with Gasteiger partial charge in [-0.3, -0.25) is 14.2 Å². The van der Waals surface area contributed by atoms with Crippen molar-refractivity contribution in [2.24, 2.45) is 0 Å². The number of nitrogens with zero attached hydrogens (tertiary/aromatic N) is 2. The maximum Gasteiger partial charge on any atom is 0.333 e. The van der Waals surface area contributed by atoms with Gasteiger partial charge in [0.1, 0.15) is 11.2 Å². The van der Waals surface area contributed by atoms with E-state index in [0.717, 1.165) is 4.88 Å². The molecule has 6 nitrogen and oxygen atoms in total. The zero-order chi connectivity index (χ0) is 17.7. The normalized spacial score (nSPS) is 12.5. The van der Waals surface area contributed by atoms with Gasteiger partial charge in [0.15, 0.2) is 0 Å². The maximum atomic E-state index is 12.6. The van der Waals surface area contributed by atoms with E-state index in [1.165, 1.54) is 38.2 Å². The van der Waals surface area contributed by atoms with E-state index in [9.17, 15) is 14.4 Å². The third-order valence-corrected chi connectivity index (χ3v) is 4.95. The van der Waals surface area contributed by atoms with Gasteiger partial charge in [-0.05, 0) is 24.4 Å². The molecule has 0 bridgehead atoms. The van der Waals surface area contributed by atoms with E-state index < -0.39 is 5.97 Å². The molecular formula is C16H18N2O4S2. The van der Waals surface area contributed by atoms with Gasteiger partial charge >= 0.3 is 5.97 Å². The molecule has 2 rings (SSSR count). The molecule has 0 unspecified atom stereocenters. The number of hydrogen-bond donors (Lipinski definition) is 0. The molecule has 0 atom stereocenters. The van der Waals surface area contributed by atoms with Crippen LogP contribution in [-0.4, -0.2) is 42.0 Å². The molecule has 0 aliphatic carbocycles. The maximum absolute atomic E-state index is 12.6. The summed E-state index contributed by atoms with van der Waals surface area (Å²) in [5.74, 6) is -0.761. The minimum absolute atomic E-state index is 0.119. The lowest BCUT2D eigenvalue weighted by Crippen LogP contribution is -2.38. The summed E-state index contributed by atoms with van der Waals surface area (Å²) in [6, 6.07) is 3.79. The average molecular weight is 366 g/mol. The molecule has 0 N–H and O–H groups in total. The van der Waals surface area contributed by atoms with Crippen LogP contribution in [0.1, 0.15) is 11.8 Å². The van der Waals surface area contributed by atoms with Gasteiger partial charge in [0.2, 0.25) is 5.91 Å². The first-order chi connectivity index (χ1) is 11.4. The Bertz CT molecular complexity index is 892. The fourth-order valence-corrected chi connectivity index (χ4v) is 3.61. The van der Waals surface area contributed by atoms with Gasteiger partial charge in [-0.1, -0.05) is 6.07 Å². The summed E-state index contributed by atoms with van der Waals surface area (Å²) in [6.07, 6.45) is 3.01. The fraction of sp³-hybridized carbons (Fsp3) is 0.312. The lowest BCUT2D eigenvalue weighted by molar-refractivity contribution is -0.135. The molecular weight excluding hydrogens is 348 g/mol. The molecule has 0 saturated carbocycles. The van der Waals surface area contributed by atoms with Crippen molar-refractivity contribution in [3.8, 4) is 0 Å². The molecule has 0 aromatic carbocycles. The topological polar surface area (TPSA) is 68.6 Å². The Hall–Kier alpha value is -2.19. The molecule has 24 heavy (non-hydrogen) atoms. The van der Waals surface area contributed by atoms with E-state index >= 15 is 0 Å². The van der Waals surface area contributed by atoms with Crippen LogP contribution >= 0.6 is 22.7 Å². The second-order valence-corrected chi connectivity index (χ2v) is 7.08. The summed E-state index contributed by atoms with van der Waals surface area (Å²) in [5.41, 5.74) is -0.292. The average Bonchev–Trinajstić information content (AvgIpc) is 3.12. The number of carbonyl (C=O) groups excluding carboxylic acids is 2. The van der Waals surface area contributed by atoms with Crippen molar-refractivity contribution < 1.29 is 14.3 Å². The van der Waals surface area contributed by atoms with Gasteiger partial charge in [0.05, 0.1) is 17.2 Å². The molecule has 2 heterocycles. The first kappa shape index (κ1) is 18.2. The van der Waals surface area contributed by atoms with E-state index in [1.54, 1.807) is 27.1 Å². The highest BCUT2D eigenvalue weighted by Gasteiger charge is 2.12. The summed E-state index contributed by atoms with van der Waals surface area (Å²) >= 11 is 2.68. The Kier molecular flexibility index (Phi) is 6.10. The van der Waals surface area contributed by atoms with Crippen molar-refractivity contribution in [1.82, 2.24) is 9.47 Å². The van der Waals surface area contributed by atoms with Crippen molar-refractivity contribution in [3.05, 3.63) is 41.9 Å². The standard InChI is InChI=1S/C16H18N2O4S2/c1-4-22-15(20)9-14-18(10-13(19)17(2)3)16(21)12(24-14)8-11-6-5-7-23-11/h5-9H,4,10H2,1-3H3/b12-8-,14-9-. The third kappa shape index (κ3) is 4.42. The molecule has 128 valence electrons. The minimum Gasteiger partial charge on any atom is -0.463 e. The zero-order valence-corrected chi connectivity index (χ0v) is 15.3. The Morgan fingerprint density at radius 3 is 2.71 bits per heavy atom. The molecule has 1 amide bonds. The van der Waals surface area contributed by atoms with E-state index in [0.29, 0.717) is 9.20 Å². The smallest absolute Gasteiger partial charge is 0.333 e. The predicted octanol–water partition coefficient (Wildman–Crippen LogP) is 0.232. The zero-order valence-electron chi connectivity index (χ0n) is 13.6. The van der Waals surface area contributed by atoms with Crippen LogP contribution in [0.3, 0.4) is 0 Å². The van der Waals surface area contributed by atoms with Crippen LogP contribution in [0, 0.1) is 0 Å². The van der Waals surface area contributed by atoms with Crippen molar-refractivity contribution in [3.63, 3.8) is 0 Å². The first-order valence-corrected chi connectivity index (χ1v) is 8.95. The third-order valence-electron chi connectivity index (χ3n) is 3.07. The molecule has 8 heteroatoms. The summed E-state index contributed by atoms with van der Waals surface area (Å²) in [7, 11) is 3.24. The van der Waals surface area contributed by atoms with Gasteiger partial charge in [-0.25, -0.2) is 4.79 Å². The molecule has 2 aromatic rings. The molecule has 0 aliphatic heterocycles. The number of ether oxygens (including phenoxy) is 1. The monoisotopic (exact) mass is 366 g/mol. The highest BCUT2D eigenvalue weighted by Crippen LogP contribution is 2.08. The Labute approximate surface area is 146 Å². The van der Waals surface area contributed by atoms with Gasteiger partial charge in [-0.15, -0.1) is 22.7 Å². The number of esters is 1. The van der Waals surface area contributed by atoms with Crippen LogP contribution in [0.2, 0.25) is 0 Å². The lowest BCUT2D eigenvalue weighted by atomic mass is 10.4. The number of amides is 1. The molecule has 0 saturated heterocycles. The van der Waals surface area contributed by atoms with E-state index in [4.69, 9.17) is 4.74 Å².